The third-order valence-electron chi connectivity index (χ3n) is 3.81. The Hall–Kier alpha value is -2.99. The molecule has 24 heavy (non-hydrogen) atoms. The van der Waals surface area contributed by atoms with E-state index in [1.807, 2.05) is 47.3 Å². The number of thiazole rings is 1. The van der Waals surface area contributed by atoms with E-state index in [0.717, 1.165) is 28.0 Å². The van der Waals surface area contributed by atoms with E-state index in [1.54, 1.807) is 0 Å². The highest BCUT2D eigenvalue weighted by Crippen LogP contribution is 2.28. The van der Waals surface area contributed by atoms with Crippen LogP contribution in [0.25, 0.3) is 21.5 Å². The van der Waals surface area contributed by atoms with Crippen molar-refractivity contribution in [2.24, 2.45) is 5.73 Å². The molecule has 2 N–H and O–H groups in total. The van der Waals surface area contributed by atoms with Crippen molar-refractivity contribution in [3.8, 4) is 10.6 Å². The first-order valence-electron chi connectivity index (χ1n) is 7.46. The van der Waals surface area contributed by atoms with Gasteiger partial charge in [-0.15, -0.1) is 11.3 Å². The van der Waals surface area contributed by atoms with Gasteiger partial charge in [-0.2, -0.15) is 5.10 Å². The molecule has 118 valence electrons. The Balaban J connectivity index is 1.68. The average molecular weight is 334 g/mol. The maximum Gasteiger partial charge on any atom is 0.260 e. The number of nitrogens with two attached hydrogens (primary N) is 1. The quantitative estimate of drug-likeness (QED) is 0.622. The van der Waals surface area contributed by atoms with Gasteiger partial charge in [-0.1, -0.05) is 30.3 Å². The number of rotatable bonds is 4. The fourth-order valence-corrected chi connectivity index (χ4v) is 3.39. The molecule has 0 unspecified atom stereocenters. The second kappa shape index (κ2) is 5.90. The van der Waals surface area contributed by atoms with Crippen LogP contribution in [0.5, 0.6) is 0 Å². The molecule has 2 aromatic heterocycles. The van der Waals surface area contributed by atoms with E-state index in [-0.39, 0.29) is 0 Å². The van der Waals surface area contributed by atoms with Crippen LogP contribution < -0.4 is 5.73 Å². The minimum atomic E-state index is -0.449. The molecule has 0 aliphatic heterocycles. The molecule has 0 atom stereocenters. The Labute approximate surface area is 142 Å². The predicted octanol–water partition coefficient (Wildman–Crippen LogP) is 3.31. The monoisotopic (exact) mass is 334 g/mol. The van der Waals surface area contributed by atoms with Crippen molar-refractivity contribution in [1.82, 2.24) is 14.8 Å². The van der Waals surface area contributed by atoms with Crippen LogP contribution in [-0.4, -0.2) is 20.7 Å². The number of hydrogen-bond acceptors (Lipinski definition) is 4. The summed E-state index contributed by atoms with van der Waals surface area (Å²) >= 11 is 1.30. The molecular weight excluding hydrogens is 320 g/mol. The van der Waals surface area contributed by atoms with Gasteiger partial charge in [0.1, 0.15) is 9.88 Å². The first-order chi connectivity index (χ1) is 11.7. The summed E-state index contributed by atoms with van der Waals surface area (Å²) < 4.78 is 1.98. The van der Waals surface area contributed by atoms with E-state index in [4.69, 9.17) is 5.73 Å². The fraction of sp³-hybridized carbons (Fsp3) is 0.0556. The molecule has 1 amide bonds. The Kier molecular flexibility index (Phi) is 3.59. The summed E-state index contributed by atoms with van der Waals surface area (Å²) in [5.74, 6) is -0.449. The summed E-state index contributed by atoms with van der Waals surface area (Å²) in [6, 6.07) is 16.3. The van der Waals surface area contributed by atoms with Gasteiger partial charge >= 0.3 is 0 Å². The second-order valence-corrected chi connectivity index (χ2v) is 6.49. The van der Waals surface area contributed by atoms with Crippen LogP contribution in [0.2, 0.25) is 0 Å². The van der Waals surface area contributed by atoms with Crippen LogP contribution in [0.1, 0.15) is 15.2 Å². The summed E-state index contributed by atoms with van der Waals surface area (Å²) in [6.45, 7) is 0.729. The molecule has 0 saturated carbocycles. The molecule has 0 aliphatic carbocycles. The zero-order valence-electron chi connectivity index (χ0n) is 12.7. The molecule has 5 nitrogen and oxygen atoms in total. The highest BCUT2D eigenvalue weighted by molar-refractivity contribution is 7.16. The number of nitrogens with zero attached hydrogens (tertiary/aromatic N) is 3. The molecule has 0 fully saturated rings. The predicted molar refractivity (Wildman–Crippen MR) is 94.9 cm³/mol. The number of aromatic nitrogens is 3. The van der Waals surface area contributed by atoms with Gasteiger partial charge in [0.2, 0.25) is 0 Å². The van der Waals surface area contributed by atoms with E-state index in [0.29, 0.717) is 4.88 Å². The van der Waals surface area contributed by atoms with Gasteiger partial charge in [-0.25, -0.2) is 4.98 Å². The van der Waals surface area contributed by atoms with Crippen molar-refractivity contribution >= 4 is 28.1 Å². The SMILES string of the molecule is NC(=O)c1cnc(-c2ccc3c(cnn3Cc3ccccc3)c2)s1. The van der Waals surface area contributed by atoms with Crippen LogP contribution >= 0.6 is 11.3 Å². The number of hydrogen-bond donors (Lipinski definition) is 1. The first kappa shape index (κ1) is 14.6. The van der Waals surface area contributed by atoms with Crippen LogP contribution in [0.3, 0.4) is 0 Å². The molecule has 6 heteroatoms. The standard InChI is InChI=1S/C18H14N4OS/c19-17(23)16-10-20-18(24-16)13-6-7-15-14(8-13)9-21-22(15)11-12-4-2-1-3-5-12/h1-10H,11H2,(H2,19,23). The van der Waals surface area contributed by atoms with Gasteiger partial charge in [-0.3, -0.25) is 9.48 Å². The fourth-order valence-electron chi connectivity index (χ4n) is 2.62. The molecule has 4 rings (SSSR count). The van der Waals surface area contributed by atoms with Gasteiger partial charge in [0.05, 0.1) is 24.5 Å². The summed E-state index contributed by atoms with van der Waals surface area (Å²) in [5.41, 5.74) is 8.52. The first-order valence-corrected chi connectivity index (χ1v) is 8.28. The van der Waals surface area contributed by atoms with E-state index in [9.17, 15) is 4.79 Å². The largest absolute Gasteiger partial charge is 0.365 e. The topological polar surface area (TPSA) is 73.8 Å². The lowest BCUT2D eigenvalue weighted by molar-refractivity contribution is 0.100. The third kappa shape index (κ3) is 2.68. The molecule has 0 radical (unpaired) electrons. The van der Waals surface area contributed by atoms with E-state index in [2.05, 4.69) is 22.2 Å². The number of amides is 1. The number of primary amides is 1. The summed E-state index contributed by atoms with van der Waals surface area (Å²) in [6.07, 6.45) is 3.37. The Morgan fingerprint density at radius 3 is 2.71 bits per heavy atom. The smallest absolute Gasteiger partial charge is 0.260 e. The van der Waals surface area contributed by atoms with Crippen LogP contribution in [-0.2, 0) is 6.54 Å². The van der Waals surface area contributed by atoms with E-state index in [1.165, 1.54) is 23.1 Å². The summed E-state index contributed by atoms with van der Waals surface area (Å²) in [4.78, 5) is 16.0. The molecule has 0 spiro atoms. The molecule has 4 aromatic rings. The van der Waals surface area contributed by atoms with E-state index < -0.39 is 5.91 Å². The van der Waals surface area contributed by atoms with Gasteiger partial charge in [0.15, 0.2) is 0 Å². The lowest BCUT2D eigenvalue weighted by Gasteiger charge is -2.04. The third-order valence-corrected chi connectivity index (χ3v) is 4.87. The highest BCUT2D eigenvalue weighted by atomic mass is 32.1. The van der Waals surface area contributed by atoms with Crippen LogP contribution in [0, 0.1) is 0 Å². The van der Waals surface area contributed by atoms with Crippen molar-refractivity contribution in [3.05, 3.63) is 71.4 Å². The zero-order valence-corrected chi connectivity index (χ0v) is 13.5. The van der Waals surface area contributed by atoms with Crippen molar-refractivity contribution in [2.45, 2.75) is 6.54 Å². The Bertz CT molecular complexity index is 1020. The van der Waals surface area contributed by atoms with Crippen molar-refractivity contribution in [2.75, 3.05) is 0 Å². The normalized spacial score (nSPS) is 11.0. The van der Waals surface area contributed by atoms with E-state index >= 15 is 0 Å². The van der Waals surface area contributed by atoms with Gasteiger partial charge < -0.3 is 5.73 Å². The summed E-state index contributed by atoms with van der Waals surface area (Å²) in [7, 11) is 0. The number of fused-ring (bicyclic) bond motifs is 1. The van der Waals surface area contributed by atoms with Crippen molar-refractivity contribution in [1.29, 1.82) is 0 Å². The highest BCUT2D eigenvalue weighted by Gasteiger charge is 2.10. The molecular formula is C18H14N4OS. The Morgan fingerprint density at radius 1 is 1.12 bits per heavy atom. The van der Waals surface area contributed by atoms with Gasteiger partial charge in [0, 0.05) is 10.9 Å². The number of benzene rings is 2. The molecule has 0 aliphatic rings. The number of carbonyl (C=O) groups excluding carboxylic acids is 1. The van der Waals surface area contributed by atoms with Crippen molar-refractivity contribution < 1.29 is 4.79 Å². The zero-order chi connectivity index (χ0) is 16.5. The molecule has 0 saturated heterocycles. The lowest BCUT2D eigenvalue weighted by atomic mass is 10.1. The average Bonchev–Trinajstić information content (AvgIpc) is 3.23. The van der Waals surface area contributed by atoms with Gasteiger partial charge in [-0.05, 0) is 23.8 Å². The minimum absolute atomic E-state index is 0.449. The molecule has 2 aromatic carbocycles. The molecule has 0 bridgehead atoms. The summed E-state index contributed by atoms with van der Waals surface area (Å²) in [5, 5.41) is 6.30. The Morgan fingerprint density at radius 2 is 1.96 bits per heavy atom. The second-order valence-electron chi connectivity index (χ2n) is 5.46. The van der Waals surface area contributed by atoms with Gasteiger partial charge in [0.25, 0.3) is 5.91 Å². The maximum absolute atomic E-state index is 11.2. The minimum Gasteiger partial charge on any atom is -0.365 e. The number of carbonyl (C=O) groups is 1. The lowest BCUT2D eigenvalue weighted by Crippen LogP contribution is -2.08. The van der Waals surface area contributed by atoms with Crippen LogP contribution in [0.4, 0.5) is 0 Å². The molecule has 2 heterocycles. The van der Waals surface area contributed by atoms with Crippen molar-refractivity contribution in [3.63, 3.8) is 0 Å². The van der Waals surface area contributed by atoms with Crippen LogP contribution in [0.15, 0.2) is 60.9 Å². The maximum atomic E-state index is 11.2.